The van der Waals surface area contributed by atoms with Gasteiger partial charge in [0.25, 0.3) is 0 Å². The van der Waals surface area contributed by atoms with Gasteiger partial charge in [-0.2, -0.15) is 0 Å². The van der Waals surface area contributed by atoms with Crippen molar-refractivity contribution in [3.8, 4) is 0 Å². The average molecular weight is 123 g/mol. The van der Waals surface area contributed by atoms with Crippen LogP contribution in [-0.4, -0.2) is 0 Å². The van der Waals surface area contributed by atoms with Crippen molar-refractivity contribution in [3.63, 3.8) is 0 Å². The molecular weight excluding hydrogens is 108 g/mol. The SMILES string of the molecule is [CH2]C1CCC(C)=CC1C. The van der Waals surface area contributed by atoms with Gasteiger partial charge in [0.2, 0.25) is 0 Å². The van der Waals surface area contributed by atoms with Crippen LogP contribution in [0.4, 0.5) is 0 Å². The standard InChI is InChI=1S/C9H15/c1-7-4-5-8(2)9(3)6-7/h6,8-9H,2,4-5H2,1,3H3. The van der Waals surface area contributed by atoms with Crippen LogP contribution in [0.3, 0.4) is 0 Å². The topological polar surface area (TPSA) is 0 Å². The van der Waals surface area contributed by atoms with Gasteiger partial charge >= 0.3 is 0 Å². The summed E-state index contributed by atoms with van der Waals surface area (Å²) in [5, 5.41) is 0. The summed E-state index contributed by atoms with van der Waals surface area (Å²) < 4.78 is 0. The molecule has 0 amide bonds. The molecule has 1 aliphatic rings. The molecule has 0 aromatic heterocycles. The Morgan fingerprint density at radius 2 is 2.33 bits per heavy atom. The van der Waals surface area contributed by atoms with E-state index in [9.17, 15) is 0 Å². The summed E-state index contributed by atoms with van der Waals surface area (Å²) in [6, 6.07) is 0. The van der Waals surface area contributed by atoms with Gasteiger partial charge in [-0.15, -0.1) is 0 Å². The second-order valence-electron chi connectivity index (χ2n) is 3.17. The fourth-order valence-corrected chi connectivity index (χ4v) is 1.34. The molecule has 0 nitrogen and oxygen atoms in total. The zero-order valence-corrected chi connectivity index (χ0v) is 6.35. The lowest BCUT2D eigenvalue weighted by Gasteiger charge is -2.22. The quantitative estimate of drug-likeness (QED) is 0.434. The van der Waals surface area contributed by atoms with Crippen molar-refractivity contribution in [3.05, 3.63) is 18.6 Å². The summed E-state index contributed by atoms with van der Waals surface area (Å²) in [6.07, 6.45) is 4.89. The Kier molecular flexibility index (Phi) is 1.94. The Balaban J connectivity index is 2.58. The van der Waals surface area contributed by atoms with Gasteiger partial charge in [-0.05, 0) is 38.5 Å². The molecule has 0 fully saturated rings. The van der Waals surface area contributed by atoms with Gasteiger partial charge in [0.15, 0.2) is 0 Å². The van der Waals surface area contributed by atoms with Crippen molar-refractivity contribution in [1.29, 1.82) is 0 Å². The molecule has 1 aliphatic carbocycles. The van der Waals surface area contributed by atoms with E-state index in [4.69, 9.17) is 0 Å². The van der Waals surface area contributed by atoms with Crippen molar-refractivity contribution in [2.24, 2.45) is 11.8 Å². The van der Waals surface area contributed by atoms with Crippen LogP contribution in [-0.2, 0) is 0 Å². The highest BCUT2D eigenvalue weighted by Crippen LogP contribution is 2.26. The molecule has 1 rings (SSSR count). The van der Waals surface area contributed by atoms with E-state index in [1.807, 2.05) is 0 Å². The first-order valence-electron chi connectivity index (χ1n) is 3.70. The average Bonchev–Trinajstić information content (AvgIpc) is 1.80. The molecule has 51 valence electrons. The van der Waals surface area contributed by atoms with Gasteiger partial charge in [-0.1, -0.05) is 18.6 Å². The van der Waals surface area contributed by atoms with Crippen LogP contribution in [0.5, 0.6) is 0 Å². The molecule has 2 atom stereocenters. The second-order valence-corrected chi connectivity index (χ2v) is 3.17. The van der Waals surface area contributed by atoms with Crippen LogP contribution in [0.25, 0.3) is 0 Å². The van der Waals surface area contributed by atoms with E-state index >= 15 is 0 Å². The van der Waals surface area contributed by atoms with E-state index in [2.05, 4.69) is 26.8 Å². The molecule has 0 spiro atoms. The van der Waals surface area contributed by atoms with Crippen LogP contribution < -0.4 is 0 Å². The van der Waals surface area contributed by atoms with Crippen molar-refractivity contribution in [2.45, 2.75) is 26.7 Å². The molecule has 0 bridgehead atoms. The lowest BCUT2D eigenvalue weighted by atomic mass is 9.84. The highest BCUT2D eigenvalue weighted by molar-refractivity contribution is 5.06. The Hall–Kier alpha value is -0.260. The van der Waals surface area contributed by atoms with E-state index in [0.29, 0.717) is 11.8 Å². The van der Waals surface area contributed by atoms with Crippen LogP contribution in [0.15, 0.2) is 11.6 Å². The summed E-state index contributed by atoms with van der Waals surface area (Å²) >= 11 is 0. The first-order chi connectivity index (χ1) is 4.20. The van der Waals surface area contributed by atoms with Crippen LogP contribution >= 0.6 is 0 Å². The fraction of sp³-hybridized carbons (Fsp3) is 0.667. The second kappa shape index (κ2) is 2.55. The highest BCUT2D eigenvalue weighted by atomic mass is 14.2. The maximum absolute atomic E-state index is 4.07. The summed E-state index contributed by atoms with van der Waals surface area (Å²) in [4.78, 5) is 0. The van der Waals surface area contributed by atoms with Crippen molar-refractivity contribution in [2.75, 3.05) is 0 Å². The largest absolute Gasteiger partial charge is 0.0825 e. The molecule has 0 heteroatoms. The van der Waals surface area contributed by atoms with Gasteiger partial charge in [-0.3, -0.25) is 0 Å². The first kappa shape index (κ1) is 6.85. The van der Waals surface area contributed by atoms with Gasteiger partial charge in [0.05, 0.1) is 0 Å². The van der Waals surface area contributed by atoms with Crippen molar-refractivity contribution >= 4 is 0 Å². The lowest BCUT2D eigenvalue weighted by Crippen LogP contribution is -2.10. The molecule has 0 heterocycles. The molecule has 2 unspecified atom stereocenters. The van der Waals surface area contributed by atoms with Gasteiger partial charge in [0, 0.05) is 0 Å². The third kappa shape index (κ3) is 1.57. The molecule has 0 aliphatic heterocycles. The summed E-state index contributed by atoms with van der Waals surface area (Å²) in [7, 11) is 0. The van der Waals surface area contributed by atoms with Gasteiger partial charge < -0.3 is 0 Å². The summed E-state index contributed by atoms with van der Waals surface area (Å²) in [5.74, 6) is 1.37. The smallest absolute Gasteiger partial charge is 0.0231 e. The van der Waals surface area contributed by atoms with Crippen LogP contribution in [0.1, 0.15) is 26.7 Å². The van der Waals surface area contributed by atoms with E-state index < -0.39 is 0 Å². The fourth-order valence-electron chi connectivity index (χ4n) is 1.34. The minimum Gasteiger partial charge on any atom is -0.0825 e. The zero-order chi connectivity index (χ0) is 6.85. The lowest BCUT2D eigenvalue weighted by molar-refractivity contribution is 0.445. The van der Waals surface area contributed by atoms with Crippen molar-refractivity contribution < 1.29 is 0 Å². The molecule has 9 heavy (non-hydrogen) atoms. The minimum absolute atomic E-state index is 0.661. The highest BCUT2D eigenvalue weighted by Gasteiger charge is 2.14. The van der Waals surface area contributed by atoms with Crippen LogP contribution in [0.2, 0.25) is 0 Å². The van der Waals surface area contributed by atoms with Crippen molar-refractivity contribution in [1.82, 2.24) is 0 Å². The number of hydrogen-bond acceptors (Lipinski definition) is 0. The third-order valence-corrected chi connectivity index (χ3v) is 2.20. The maximum atomic E-state index is 4.07. The predicted molar refractivity (Wildman–Crippen MR) is 41.0 cm³/mol. The summed E-state index contributed by atoms with van der Waals surface area (Å²) in [5.41, 5.74) is 1.54. The molecule has 0 aromatic rings. The molecule has 0 saturated carbocycles. The molecule has 0 saturated heterocycles. The van der Waals surface area contributed by atoms with E-state index in [1.165, 1.54) is 12.8 Å². The molecule has 1 radical (unpaired) electrons. The first-order valence-corrected chi connectivity index (χ1v) is 3.70. The van der Waals surface area contributed by atoms with Gasteiger partial charge in [-0.25, -0.2) is 0 Å². The Labute approximate surface area is 58.0 Å². The predicted octanol–water partition coefficient (Wildman–Crippen LogP) is 2.81. The minimum atomic E-state index is 0.661. The van der Waals surface area contributed by atoms with E-state index in [-0.39, 0.29) is 0 Å². The third-order valence-electron chi connectivity index (χ3n) is 2.20. The number of allylic oxidation sites excluding steroid dienone is 2. The molecule has 0 N–H and O–H groups in total. The van der Waals surface area contributed by atoms with Crippen LogP contribution in [0, 0.1) is 18.8 Å². The Morgan fingerprint density at radius 3 is 2.78 bits per heavy atom. The Morgan fingerprint density at radius 1 is 1.67 bits per heavy atom. The monoisotopic (exact) mass is 123 g/mol. The van der Waals surface area contributed by atoms with Gasteiger partial charge in [0.1, 0.15) is 0 Å². The Bertz CT molecular complexity index is 122. The zero-order valence-electron chi connectivity index (χ0n) is 6.35. The number of hydrogen-bond donors (Lipinski definition) is 0. The van der Waals surface area contributed by atoms with E-state index in [1.54, 1.807) is 5.57 Å². The van der Waals surface area contributed by atoms with E-state index in [0.717, 1.165) is 0 Å². The molecular formula is C9H15. The molecule has 0 aromatic carbocycles. The summed E-state index contributed by atoms with van der Waals surface area (Å²) in [6.45, 7) is 8.53. The maximum Gasteiger partial charge on any atom is -0.0231 e. The normalized spacial score (nSPS) is 36.1. The number of rotatable bonds is 0.